The van der Waals surface area contributed by atoms with E-state index in [1.807, 2.05) is 17.9 Å². The van der Waals surface area contributed by atoms with Crippen LogP contribution in [0.3, 0.4) is 0 Å². The first-order valence-corrected chi connectivity index (χ1v) is 8.92. The lowest BCUT2D eigenvalue weighted by Gasteiger charge is -2.37. The van der Waals surface area contributed by atoms with Gasteiger partial charge in [-0.1, -0.05) is 23.4 Å². The quantitative estimate of drug-likeness (QED) is 0.828. The number of carbonyl (C=O) groups excluding carboxylic acids is 1. The van der Waals surface area contributed by atoms with Crippen molar-refractivity contribution in [3.8, 4) is 0 Å². The van der Waals surface area contributed by atoms with Crippen LogP contribution < -0.4 is 0 Å². The zero-order chi connectivity index (χ0) is 17.8. The van der Waals surface area contributed by atoms with Crippen molar-refractivity contribution >= 4 is 5.91 Å². The Kier molecular flexibility index (Phi) is 5.53. The zero-order valence-electron chi connectivity index (χ0n) is 15.2. The second-order valence-electron chi connectivity index (χ2n) is 6.81. The van der Waals surface area contributed by atoms with E-state index in [0.717, 1.165) is 37.3 Å². The van der Waals surface area contributed by atoms with Gasteiger partial charge in [-0.05, 0) is 56.7 Å². The Morgan fingerprint density at radius 3 is 2.92 bits per heavy atom. The predicted molar refractivity (Wildman–Crippen MR) is 95.1 cm³/mol. The van der Waals surface area contributed by atoms with Gasteiger partial charge in [0.2, 0.25) is 5.91 Å². The first-order chi connectivity index (χ1) is 12.1. The minimum absolute atomic E-state index is 0.0471. The Morgan fingerprint density at radius 2 is 2.16 bits per heavy atom. The summed E-state index contributed by atoms with van der Waals surface area (Å²) in [5.74, 6) is 0.793. The van der Waals surface area contributed by atoms with Crippen molar-refractivity contribution in [2.45, 2.75) is 52.7 Å². The van der Waals surface area contributed by atoms with Crippen LogP contribution in [0.5, 0.6) is 0 Å². The maximum atomic E-state index is 12.7. The number of rotatable bonds is 5. The molecule has 1 aromatic carbocycles. The molecule has 1 saturated heterocycles. The Balaban J connectivity index is 1.65. The summed E-state index contributed by atoms with van der Waals surface area (Å²) in [6.45, 7) is 7.27. The highest BCUT2D eigenvalue weighted by molar-refractivity contribution is 5.78. The first kappa shape index (κ1) is 17.7. The number of aryl methyl sites for hydroxylation is 2. The van der Waals surface area contributed by atoms with Crippen LogP contribution in [0.15, 0.2) is 28.8 Å². The van der Waals surface area contributed by atoms with Crippen molar-refractivity contribution in [2.75, 3.05) is 13.2 Å². The maximum Gasteiger partial charge on any atom is 0.249 e. The van der Waals surface area contributed by atoms with E-state index in [2.05, 4.69) is 37.2 Å². The minimum atomic E-state index is 0.0471. The smallest absolute Gasteiger partial charge is 0.249 e. The predicted octanol–water partition coefficient (Wildman–Crippen LogP) is 3.87. The Morgan fingerprint density at radius 1 is 1.32 bits per heavy atom. The van der Waals surface area contributed by atoms with Gasteiger partial charge >= 0.3 is 0 Å². The van der Waals surface area contributed by atoms with Gasteiger partial charge in [-0.25, -0.2) is 0 Å². The average molecular weight is 342 g/mol. The molecule has 25 heavy (non-hydrogen) atoms. The summed E-state index contributed by atoms with van der Waals surface area (Å²) in [7, 11) is 0. The van der Waals surface area contributed by atoms with E-state index in [1.54, 1.807) is 0 Å². The van der Waals surface area contributed by atoms with E-state index >= 15 is 0 Å². The van der Waals surface area contributed by atoms with Gasteiger partial charge in [-0.15, -0.1) is 0 Å². The lowest BCUT2D eigenvalue weighted by atomic mass is 9.90. The van der Waals surface area contributed by atoms with E-state index in [9.17, 15) is 4.79 Å². The Labute approximate surface area is 148 Å². The number of piperidine rings is 1. The summed E-state index contributed by atoms with van der Waals surface area (Å²) in [6, 6.07) is 8.33. The minimum Gasteiger partial charge on any atom is -0.365 e. The fourth-order valence-electron chi connectivity index (χ4n) is 3.50. The number of ether oxygens (including phenoxy) is 1. The number of hydrogen-bond acceptors (Lipinski definition) is 4. The molecule has 1 atom stereocenters. The van der Waals surface area contributed by atoms with Gasteiger partial charge in [-0.2, -0.15) is 0 Å². The number of hydrogen-bond donors (Lipinski definition) is 0. The van der Waals surface area contributed by atoms with E-state index in [4.69, 9.17) is 9.26 Å². The highest BCUT2D eigenvalue weighted by Crippen LogP contribution is 2.33. The maximum absolute atomic E-state index is 12.7. The molecule has 134 valence electrons. The lowest BCUT2D eigenvalue weighted by Crippen LogP contribution is -2.40. The van der Waals surface area contributed by atoms with Gasteiger partial charge in [0.25, 0.3) is 0 Å². The fraction of sp³-hybridized carbons (Fsp3) is 0.500. The molecule has 1 aromatic heterocycles. The van der Waals surface area contributed by atoms with Crippen LogP contribution in [0.25, 0.3) is 0 Å². The van der Waals surface area contributed by atoms with Crippen molar-refractivity contribution in [2.24, 2.45) is 0 Å². The van der Waals surface area contributed by atoms with E-state index < -0.39 is 0 Å². The summed E-state index contributed by atoms with van der Waals surface area (Å²) < 4.78 is 10.6. The van der Waals surface area contributed by atoms with Crippen molar-refractivity contribution < 1.29 is 14.1 Å². The molecule has 0 saturated carbocycles. The SMILES string of the molecule is Cc1cc(COCC(=O)N2CCCCC2c2cccc(C)c2C)no1. The topological polar surface area (TPSA) is 55.6 Å². The average Bonchev–Trinajstić information content (AvgIpc) is 3.02. The van der Waals surface area contributed by atoms with Gasteiger partial charge in [0.15, 0.2) is 0 Å². The Hall–Kier alpha value is -2.14. The van der Waals surface area contributed by atoms with Crippen LogP contribution in [0.1, 0.15) is 53.4 Å². The van der Waals surface area contributed by atoms with Crippen molar-refractivity contribution in [3.05, 3.63) is 52.4 Å². The molecular formula is C20H26N2O3. The summed E-state index contributed by atoms with van der Waals surface area (Å²) >= 11 is 0. The van der Waals surface area contributed by atoms with Crippen molar-refractivity contribution in [1.29, 1.82) is 0 Å². The van der Waals surface area contributed by atoms with Gasteiger partial charge in [-0.3, -0.25) is 4.79 Å². The molecule has 0 spiro atoms. The van der Waals surface area contributed by atoms with Crippen LogP contribution >= 0.6 is 0 Å². The highest BCUT2D eigenvalue weighted by atomic mass is 16.5. The number of likely N-dealkylation sites (tertiary alicyclic amines) is 1. The largest absolute Gasteiger partial charge is 0.365 e. The third-order valence-electron chi connectivity index (χ3n) is 4.98. The van der Waals surface area contributed by atoms with Gasteiger partial charge in [0, 0.05) is 12.6 Å². The summed E-state index contributed by atoms with van der Waals surface area (Å²) in [5, 5.41) is 3.88. The second-order valence-corrected chi connectivity index (χ2v) is 6.81. The summed E-state index contributed by atoms with van der Waals surface area (Å²) in [5.41, 5.74) is 4.54. The van der Waals surface area contributed by atoms with Crippen molar-refractivity contribution in [1.82, 2.24) is 10.1 Å². The molecule has 3 rings (SSSR count). The van der Waals surface area contributed by atoms with E-state index in [0.29, 0.717) is 6.61 Å². The highest BCUT2D eigenvalue weighted by Gasteiger charge is 2.29. The first-order valence-electron chi connectivity index (χ1n) is 8.92. The molecule has 1 aliphatic rings. The van der Waals surface area contributed by atoms with Gasteiger partial charge in [0.1, 0.15) is 18.1 Å². The standard InChI is InChI=1S/C20H26N2O3/c1-14-7-6-8-18(16(14)3)19-9-4-5-10-22(19)20(23)13-24-12-17-11-15(2)25-21-17/h6-8,11,19H,4-5,9-10,12-13H2,1-3H3. The molecule has 5 heteroatoms. The molecule has 1 amide bonds. The zero-order valence-corrected chi connectivity index (χ0v) is 15.2. The molecule has 0 aliphatic carbocycles. The van der Waals surface area contributed by atoms with Gasteiger partial charge < -0.3 is 14.2 Å². The van der Waals surface area contributed by atoms with Gasteiger partial charge in [0.05, 0.1) is 12.6 Å². The molecular weight excluding hydrogens is 316 g/mol. The molecule has 1 fully saturated rings. The molecule has 2 aromatic rings. The van der Waals surface area contributed by atoms with Crippen molar-refractivity contribution in [3.63, 3.8) is 0 Å². The fourth-order valence-corrected chi connectivity index (χ4v) is 3.50. The number of benzene rings is 1. The summed E-state index contributed by atoms with van der Waals surface area (Å²) in [6.07, 6.45) is 3.22. The second kappa shape index (κ2) is 7.83. The molecule has 0 bridgehead atoms. The molecule has 5 nitrogen and oxygen atoms in total. The summed E-state index contributed by atoms with van der Waals surface area (Å²) in [4.78, 5) is 14.7. The van der Waals surface area contributed by atoms with E-state index in [-0.39, 0.29) is 18.6 Å². The molecule has 0 radical (unpaired) electrons. The third-order valence-corrected chi connectivity index (χ3v) is 4.98. The molecule has 2 heterocycles. The molecule has 1 unspecified atom stereocenters. The van der Waals surface area contributed by atoms with Crippen LogP contribution in [-0.2, 0) is 16.1 Å². The lowest BCUT2D eigenvalue weighted by molar-refractivity contribution is -0.140. The number of carbonyl (C=O) groups is 1. The normalized spacial score (nSPS) is 17.7. The van der Waals surface area contributed by atoms with Crippen LogP contribution in [0.2, 0.25) is 0 Å². The van der Waals surface area contributed by atoms with Crippen LogP contribution in [0.4, 0.5) is 0 Å². The monoisotopic (exact) mass is 342 g/mol. The molecule has 1 aliphatic heterocycles. The van der Waals surface area contributed by atoms with Crippen LogP contribution in [-0.4, -0.2) is 29.1 Å². The number of aromatic nitrogens is 1. The Bertz CT molecular complexity index is 738. The van der Waals surface area contributed by atoms with Crippen LogP contribution in [0, 0.1) is 20.8 Å². The van der Waals surface area contributed by atoms with E-state index in [1.165, 1.54) is 16.7 Å². The number of amides is 1. The number of nitrogens with zero attached hydrogens (tertiary/aromatic N) is 2. The molecule has 0 N–H and O–H groups in total. The third kappa shape index (κ3) is 4.10.